The number of H-pyrrole nitrogens is 1. The Hall–Kier alpha value is -1.68. The highest BCUT2D eigenvalue weighted by Crippen LogP contribution is 2.17. The lowest BCUT2D eigenvalue weighted by Gasteiger charge is -2.11. The number of nitrogens with zero attached hydrogens (tertiary/aromatic N) is 1. The molecule has 1 unspecified atom stereocenters. The molecule has 4 heteroatoms. The summed E-state index contributed by atoms with van der Waals surface area (Å²) in [5.74, 6) is 0.642. The van der Waals surface area contributed by atoms with Gasteiger partial charge >= 0.3 is 0 Å². The summed E-state index contributed by atoms with van der Waals surface area (Å²) in [6.45, 7) is 1.73. The molecule has 1 atom stereocenters. The van der Waals surface area contributed by atoms with E-state index in [4.69, 9.17) is 5.73 Å². The van der Waals surface area contributed by atoms with E-state index in [0.717, 1.165) is 11.4 Å². The average molecular weight is 219 g/mol. The lowest BCUT2D eigenvalue weighted by molar-refractivity contribution is 0.614. The Labute approximate surface area is 93.5 Å². The van der Waals surface area contributed by atoms with Gasteiger partial charge in [0.2, 0.25) is 0 Å². The second-order valence-electron chi connectivity index (χ2n) is 3.86. The lowest BCUT2D eigenvalue weighted by Crippen LogP contribution is -2.14. The van der Waals surface area contributed by atoms with Gasteiger partial charge in [-0.1, -0.05) is 12.1 Å². The minimum absolute atomic E-state index is 0.162. The number of rotatable bonds is 3. The van der Waals surface area contributed by atoms with E-state index >= 15 is 0 Å². The van der Waals surface area contributed by atoms with E-state index < -0.39 is 0 Å². The Balaban J connectivity index is 2.14. The number of aromatic amines is 1. The van der Waals surface area contributed by atoms with Gasteiger partial charge in [-0.3, -0.25) is 0 Å². The summed E-state index contributed by atoms with van der Waals surface area (Å²) < 4.78 is 13.1. The van der Waals surface area contributed by atoms with Crippen molar-refractivity contribution in [2.24, 2.45) is 5.73 Å². The van der Waals surface area contributed by atoms with Gasteiger partial charge < -0.3 is 10.7 Å². The topological polar surface area (TPSA) is 54.7 Å². The fourth-order valence-electron chi connectivity index (χ4n) is 1.63. The Morgan fingerprint density at radius 3 is 2.94 bits per heavy atom. The molecular formula is C12H14FN3. The summed E-state index contributed by atoms with van der Waals surface area (Å²) in [7, 11) is 0. The number of nitrogens with one attached hydrogen (secondary N) is 1. The molecule has 0 spiro atoms. The molecule has 0 saturated carbocycles. The van der Waals surface area contributed by atoms with Crippen molar-refractivity contribution in [2.45, 2.75) is 19.4 Å². The zero-order chi connectivity index (χ0) is 11.5. The van der Waals surface area contributed by atoms with Crippen LogP contribution in [0, 0.1) is 12.7 Å². The maximum Gasteiger partial charge on any atom is 0.126 e. The van der Waals surface area contributed by atoms with Crippen molar-refractivity contribution in [3.05, 3.63) is 53.4 Å². The van der Waals surface area contributed by atoms with Gasteiger partial charge in [-0.25, -0.2) is 9.37 Å². The van der Waals surface area contributed by atoms with E-state index in [1.54, 1.807) is 31.5 Å². The van der Waals surface area contributed by atoms with Gasteiger partial charge in [-0.2, -0.15) is 0 Å². The molecule has 0 bridgehead atoms. The molecule has 1 heterocycles. The molecule has 16 heavy (non-hydrogen) atoms. The highest BCUT2D eigenvalue weighted by Gasteiger charge is 2.09. The van der Waals surface area contributed by atoms with E-state index in [9.17, 15) is 4.39 Å². The van der Waals surface area contributed by atoms with E-state index in [1.165, 1.54) is 6.07 Å². The van der Waals surface area contributed by atoms with Crippen LogP contribution in [0.3, 0.4) is 0 Å². The fourth-order valence-corrected chi connectivity index (χ4v) is 1.63. The first-order valence-corrected chi connectivity index (χ1v) is 5.16. The Morgan fingerprint density at radius 1 is 1.50 bits per heavy atom. The van der Waals surface area contributed by atoms with Gasteiger partial charge in [0.15, 0.2) is 0 Å². The molecule has 0 saturated heterocycles. The summed E-state index contributed by atoms with van der Waals surface area (Å²) in [6.07, 6.45) is 4.08. The molecule has 3 N–H and O–H groups in total. The highest BCUT2D eigenvalue weighted by atomic mass is 19.1. The highest BCUT2D eigenvalue weighted by molar-refractivity contribution is 5.26. The first kappa shape index (κ1) is 10.8. The van der Waals surface area contributed by atoms with Crippen LogP contribution in [0.5, 0.6) is 0 Å². The maximum absolute atomic E-state index is 13.1. The summed E-state index contributed by atoms with van der Waals surface area (Å²) >= 11 is 0. The number of aryl methyl sites for hydroxylation is 1. The molecule has 1 aromatic carbocycles. The molecule has 0 aliphatic heterocycles. The van der Waals surface area contributed by atoms with Crippen molar-refractivity contribution in [2.75, 3.05) is 0 Å². The SMILES string of the molecule is Cc1cc(C(N)Cc2ncc[nH]2)ccc1F. The number of nitrogens with two attached hydrogens (primary N) is 1. The zero-order valence-corrected chi connectivity index (χ0v) is 9.07. The standard InChI is InChI=1S/C12H14FN3/c1-8-6-9(2-3-10(8)13)11(14)7-12-15-4-5-16-12/h2-6,11H,7,14H2,1H3,(H,15,16). The van der Waals surface area contributed by atoms with Gasteiger partial charge in [-0.15, -0.1) is 0 Å². The fraction of sp³-hybridized carbons (Fsp3) is 0.250. The van der Waals surface area contributed by atoms with E-state index in [0.29, 0.717) is 12.0 Å². The van der Waals surface area contributed by atoms with Crippen LogP contribution in [-0.4, -0.2) is 9.97 Å². The van der Waals surface area contributed by atoms with Gasteiger partial charge in [-0.05, 0) is 24.1 Å². The van der Waals surface area contributed by atoms with Crippen molar-refractivity contribution in [3.8, 4) is 0 Å². The lowest BCUT2D eigenvalue weighted by atomic mass is 10.0. The van der Waals surface area contributed by atoms with Gasteiger partial charge in [0.25, 0.3) is 0 Å². The van der Waals surface area contributed by atoms with Crippen LogP contribution in [0.15, 0.2) is 30.6 Å². The van der Waals surface area contributed by atoms with Crippen molar-refractivity contribution < 1.29 is 4.39 Å². The minimum atomic E-state index is -0.200. The predicted octanol–water partition coefficient (Wildman–Crippen LogP) is 2.10. The number of aromatic nitrogens is 2. The smallest absolute Gasteiger partial charge is 0.126 e. The van der Waals surface area contributed by atoms with Gasteiger partial charge in [0, 0.05) is 24.9 Å². The number of halogens is 1. The van der Waals surface area contributed by atoms with E-state index in [-0.39, 0.29) is 11.9 Å². The quantitative estimate of drug-likeness (QED) is 0.830. The van der Waals surface area contributed by atoms with Crippen LogP contribution in [0.25, 0.3) is 0 Å². The summed E-state index contributed by atoms with van der Waals surface area (Å²) in [5.41, 5.74) is 7.57. The van der Waals surface area contributed by atoms with Crippen molar-refractivity contribution in [1.29, 1.82) is 0 Å². The van der Waals surface area contributed by atoms with Gasteiger partial charge in [0.1, 0.15) is 11.6 Å². The van der Waals surface area contributed by atoms with Crippen molar-refractivity contribution in [3.63, 3.8) is 0 Å². The predicted molar refractivity (Wildman–Crippen MR) is 60.4 cm³/mol. The minimum Gasteiger partial charge on any atom is -0.349 e. The number of hydrogen-bond donors (Lipinski definition) is 2. The summed E-state index contributed by atoms with van der Waals surface area (Å²) in [5, 5.41) is 0. The molecule has 0 fully saturated rings. The first-order chi connectivity index (χ1) is 7.66. The summed E-state index contributed by atoms with van der Waals surface area (Å²) in [4.78, 5) is 7.11. The van der Waals surface area contributed by atoms with Gasteiger partial charge in [0.05, 0.1) is 0 Å². The van der Waals surface area contributed by atoms with E-state index in [1.807, 2.05) is 0 Å². The normalized spacial score (nSPS) is 12.7. The largest absolute Gasteiger partial charge is 0.349 e. The molecule has 84 valence electrons. The van der Waals surface area contributed by atoms with Crippen LogP contribution >= 0.6 is 0 Å². The second-order valence-corrected chi connectivity index (χ2v) is 3.86. The van der Waals surface area contributed by atoms with Crippen molar-refractivity contribution >= 4 is 0 Å². The molecule has 2 rings (SSSR count). The Morgan fingerprint density at radius 2 is 2.31 bits per heavy atom. The van der Waals surface area contributed by atoms with E-state index in [2.05, 4.69) is 9.97 Å². The second kappa shape index (κ2) is 4.45. The monoisotopic (exact) mass is 219 g/mol. The first-order valence-electron chi connectivity index (χ1n) is 5.16. The van der Waals surface area contributed by atoms with Crippen LogP contribution in [0.1, 0.15) is 23.0 Å². The molecule has 0 aliphatic carbocycles. The third-order valence-corrected chi connectivity index (χ3v) is 2.58. The molecular weight excluding hydrogens is 205 g/mol. The summed E-state index contributed by atoms with van der Waals surface area (Å²) in [6, 6.07) is 4.79. The maximum atomic E-state index is 13.1. The number of hydrogen-bond acceptors (Lipinski definition) is 2. The van der Waals surface area contributed by atoms with Crippen LogP contribution < -0.4 is 5.73 Å². The zero-order valence-electron chi connectivity index (χ0n) is 9.07. The molecule has 0 aliphatic rings. The Bertz CT molecular complexity index is 465. The van der Waals surface area contributed by atoms with Crippen LogP contribution in [0.4, 0.5) is 4.39 Å². The van der Waals surface area contributed by atoms with Crippen LogP contribution in [-0.2, 0) is 6.42 Å². The molecule has 2 aromatic rings. The number of imidazole rings is 1. The molecule has 3 nitrogen and oxygen atoms in total. The molecule has 0 radical (unpaired) electrons. The molecule has 0 amide bonds. The third-order valence-electron chi connectivity index (χ3n) is 2.58. The van der Waals surface area contributed by atoms with Crippen LogP contribution in [0.2, 0.25) is 0 Å². The molecule has 1 aromatic heterocycles. The number of benzene rings is 1. The third kappa shape index (κ3) is 2.28. The average Bonchev–Trinajstić information content (AvgIpc) is 2.74. The van der Waals surface area contributed by atoms with Crippen molar-refractivity contribution in [1.82, 2.24) is 9.97 Å². The Kier molecular flexibility index (Phi) is 3.01.